The maximum Gasteiger partial charge on any atom is 0.236 e. The van der Waals surface area contributed by atoms with E-state index in [2.05, 4.69) is 24.4 Å². The van der Waals surface area contributed by atoms with Crippen molar-refractivity contribution in [1.82, 2.24) is 5.43 Å². The summed E-state index contributed by atoms with van der Waals surface area (Å²) < 4.78 is 0. The lowest BCUT2D eigenvalue weighted by Gasteiger charge is -2.09. The first-order valence-electron chi connectivity index (χ1n) is 5.48. The van der Waals surface area contributed by atoms with Crippen LogP contribution >= 0.6 is 0 Å². The monoisotopic (exact) mass is 218 g/mol. The molecule has 3 heteroatoms. The van der Waals surface area contributed by atoms with Gasteiger partial charge in [-0.3, -0.25) is 4.79 Å². The average Bonchev–Trinajstić information content (AvgIpc) is 2.25. The Hall–Kier alpha value is -1.64. The predicted octanol–water partition coefficient (Wildman–Crippen LogP) is 2.57. The molecule has 0 spiro atoms. The molecule has 86 valence electrons. The van der Waals surface area contributed by atoms with Gasteiger partial charge in [-0.05, 0) is 17.9 Å². The van der Waals surface area contributed by atoms with E-state index in [0.29, 0.717) is 5.92 Å². The lowest BCUT2D eigenvalue weighted by atomic mass is 10.0. The molecule has 0 bridgehead atoms. The number of carbonyl (C=O) groups is 1. The molecule has 1 aromatic rings. The van der Waals surface area contributed by atoms with E-state index in [4.69, 9.17) is 0 Å². The Bertz CT molecular complexity index is 369. The van der Waals surface area contributed by atoms with Crippen LogP contribution in [0.25, 0.3) is 0 Å². The number of amides is 1. The molecule has 0 fully saturated rings. The van der Waals surface area contributed by atoms with Gasteiger partial charge in [0.25, 0.3) is 0 Å². The lowest BCUT2D eigenvalue weighted by molar-refractivity contribution is -0.118. The molecule has 3 nitrogen and oxygen atoms in total. The van der Waals surface area contributed by atoms with Crippen LogP contribution in [0.2, 0.25) is 0 Å². The molecule has 0 saturated heterocycles. The van der Waals surface area contributed by atoms with E-state index in [1.165, 1.54) is 6.92 Å². The van der Waals surface area contributed by atoms with Gasteiger partial charge in [0.2, 0.25) is 5.91 Å². The first kappa shape index (κ1) is 12.4. The summed E-state index contributed by atoms with van der Waals surface area (Å²) in [6.45, 7) is 5.72. The lowest BCUT2D eigenvalue weighted by Crippen LogP contribution is -2.17. The van der Waals surface area contributed by atoms with Gasteiger partial charge in [-0.2, -0.15) is 5.10 Å². The topological polar surface area (TPSA) is 41.5 Å². The molecule has 0 aliphatic heterocycles. The molecular weight excluding hydrogens is 200 g/mol. The largest absolute Gasteiger partial charge is 0.274 e. The molecule has 0 radical (unpaired) electrons. The van der Waals surface area contributed by atoms with Crippen LogP contribution in [-0.2, 0) is 4.79 Å². The quantitative estimate of drug-likeness (QED) is 0.612. The van der Waals surface area contributed by atoms with Crippen LogP contribution < -0.4 is 5.43 Å². The zero-order valence-corrected chi connectivity index (χ0v) is 10.0. The molecule has 1 aromatic carbocycles. The highest BCUT2D eigenvalue weighted by atomic mass is 16.2. The third kappa shape index (κ3) is 4.26. The summed E-state index contributed by atoms with van der Waals surface area (Å²) in [5.41, 5.74) is 4.48. The summed E-state index contributed by atoms with van der Waals surface area (Å²) in [4.78, 5) is 10.8. The second-order valence-corrected chi connectivity index (χ2v) is 4.19. The Morgan fingerprint density at radius 3 is 2.44 bits per heavy atom. The fraction of sp³-hybridized carbons (Fsp3) is 0.385. The zero-order chi connectivity index (χ0) is 12.0. The standard InChI is InChI=1S/C13H18N2O/c1-10(2)9-13(15-14-11(3)16)12-7-5-4-6-8-12/h4-8,10H,9H2,1-3H3,(H,14,16)/b15-13-. The minimum Gasteiger partial charge on any atom is -0.274 e. The molecule has 0 saturated carbocycles. The minimum atomic E-state index is -0.141. The first-order valence-corrected chi connectivity index (χ1v) is 5.48. The molecular formula is C13H18N2O. The number of hydrogen-bond donors (Lipinski definition) is 1. The van der Waals surface area contributed by atoms with Gasteiger partial charge in [0, 0.05) is 6.92 Å². The van der Waals surface area contributed by atoms with Crippen LogP contribution in [-0.4, -0.2) is 11.6 Å². The summed E-state index contributed by atoms with van der Waals surface area (Å²) in [6.07, 6.45) is 0.851. The molecule has 1 amide bonds. The summed E-state index contributed by atoms with van der Waals surface area (Å²) in [5, 5.41) is 4.15. The molecule has 0 aliphatic rings. The minimum absolute atomic E-state index is 0.141. The normalized spacial score (nSPS) is 11.6. The Morgan fingerprint density at radius 2 is 1.94 bits per heavy atom. The van der Waals surface area contributed by atoms with Crippen molar-refractivity contribution >= 4 is 11.6 Å². The van der Waals surface area contributed by atoms with Gasteiger partial charge < -0.3 is 0 Å². The van der Waals surface area contributed by atoms with Gasteiger partial charge in [-0.25, -0.2) is 5.43 Å². The van der Waals surface area contributed by atoms with E-state index in [9.17, 15) is 4.79 Å². The second-order valence-electron chi connectivity index (χ2n) is 4.19. The van der Waals surface area contributed by atoms with Crippen molar-refractivity contribution in [2.24, 2.45) is 11.0 Å². The van der Waals surface area contributed by atoms with Crippen molar-refractivity contribution < 1.29 is 4.79 Å². The molecule has 0 aliphatic carbocycles. The highest BCUT2D eigenvalue weighted by Crippen LogP contribution is 2.09. The third-order valence-electron chi connectivity index (χ3n) is 2.06. The Morgan fingerprint density at radius 1 is 1.31 bits per heavy atom. The van der Waals surface area contributed by atoms with Crippen molar-refractivity contribution in [3.8, 4) is 0 Å². The first-order chi connectivity index (χ1) is 7.59. The molecule has 0 unspecified atom stereocenters. The highest BCUT2D eigenvalue weighted by Gasteiger charge is 2.06. The molecule has 16 heavy (non-hydrogen) atoms. The summed E-state index contributed by atoms with van der Waals surface area (Å²) in [7, 11) is 0. The smallest absolute Gasteiger partial charge is 0.236 e. The maximum atomic E-state index is 10.8. The molecule has 0 atom stereocenters. The zero-order valence-electron chi connectivity index (χ0n) is 10.0. The van der Waals surface area contributed by atoms with E-state index in [0.717, 1.165) is 17.7 Å². The van der Waals surface area contributed by atoms with Crippen LogP contribution in [0.4, 0.5) is 0 Å². The number of rotatable bonds is 4. The van der Waals surface area contributed by atoms with E-state index in [-0.39, 0.29) is 5.91 Å². The van der Waals surface area contributed by atoms with Crippen LogP contribution in [0.5, 0.6) is 0 Å². The molecule has 1 rings (SSSR count). The SMILES string of the molecule is CC(=O)N/N=C(/CC(C)C)c1ccccc1. The summed E-state index contributed by atoms with van der Waals surface area (Å²) in [5.74, 6) is 0.366. The predicted molar refractivity (Wildman–Crippen MR) is 66.3 cm³/mol. The Kier molecular flexibility index (Phi) is 4.70. The van der Waals surface area contributed by atoms with Gasteiger partial charge in [0.15, 0.2) is 0 Å². The van der Waals surface area contributed by atoms with E-state index >= 15 is 0 Å². The Labute approximate surface area is 96.6 Å². The van der Waals surface area contributed by atoms with E-state index in [1.54, 1.807) is 0 Å². The number of hydrazone groups is 1. The van der Waals surface area contributed by atoms with Gasteiger partial charge in [0.1, 0.15) is 0 Å². The van der Waals surface area contributed by atoms with Gasteiger partial charge in [0.05, 0.1) is 5.71 Å². The molecule has 0 heterocycles. The van der Waals surface area contributed by atoms with Gasteiger partial charge >= 0.3 is 0 Å². The molecule has 1 N–H and O–H groups in total. The fourth-order valence-electron chi connectivity index (χ4n) is 1.39. The molecule has 0 aromatic heterocycles. The fourth-order valence-corrected chi connectivity index (χ4v) is 1.39. The number of hydrogen-bond acceptors (Lipinski definition) is 2. The van der Waals surface area contributed by atoms with Gasteiger partial charge in [-0.1, -0.05) is 44.2 Å². The van der Waals surface area contributed by atoms with Crippen LogP contribution in [0.3, 0.4) is 0 Å². The van der Waals surface area contributed by atoms with Crippen molar-refractivity contribution in [3.63, 3.8) is 0 Å². The highest BCUT2D eigenvalue weighted by molar-refractivity contribution is 6.01. The van der Waals surface area contributed by atoms with Crippen molar-refractivity contribution in [2.45, 2.75) is 27.2 Å². The van der Waals surface area contributed by atoms with Crippen LogP contribution in [0.15, 0.2) is 35.4 Å². The van der Waals surface area contributed by atoms with Crippen LogP contribution in [0, 0.1) is 5.92 Å². The van der Waals surface area contributed by atoms with Gasteiger partial charge in [-0.15, -0.1) is 0 Å². The summed E-state index contributed by atoms with van der Waals surface area (Å²) >= 11 is 0. The van der Waals surface area contributed by atoms with E-state index < -0.39 is 0 Å². The average molecular weight is 218 g/mol. The number of carbonyl (C=O) groups excluding carboxylic acids is 1. The Balaban J connectivity index is 2.87. The third-order valence-corrected chi connectivity index (χ3v) is 2.06. The number of nitrogens with zero attached hydrogens (tertiary/aromatic N) is 1. The maximum absolute atomic E-state index is 10.8. The second kappa shape index (κ2) is 6.05. The van der Waals surface area contributed by atoms with Crippen LogP contribution in [0.1, 0.15) is 32.8 Å². The van der Waals surface area contributed by atoms with Crippen molar-refractivity contribution in [3.05, 3.63) is 35.9 Å². The van der Waals surface area contributed by atoms with Crippen molar-refractivity contribution in [2.75, 3.05) is 0 Å². The number of benzene rings is 1. The van der Waals surface area contributed by atoms with E-state index in [1.807, 2.05) is 30.3 Å². The summed E-state index contributed by atoms with van der Waals surface area (Å²) in [6, 6.07) is 9.92. The number of nitrogens with one attached hydrogen (secondary N) is 1. The van der Waals surface area contributed by atoms with Crippen molar-refractivity contribution in [1.29, 1.82) is 0 Å².